The molecule has 2 aromatic rings. The number of nitro groups is 1. The summed E-state index contributed by atoms with van der Waals surface area (Å²) in [6.07, 6.45) is -2.55. The lowest BCUT2D eigenvalue weighted by Gasteiger charge is -2.07. The topological polar surface area (TPSA) is 60.4 Å². The predicted octanol–water partition coefficient (Wildman–Crippen LogP) is 2.57. The molecule has 5 nitrogen and oxygen atoms in total. The zero-order chi connectivity index (χ0) is 12.8. The van der Waals surface area contributed by atoms with Crippen LogP contribution in [0.5, 0.6) is 0 Å². The summed E-state index contributed by atoms with van der Waals surface area (Å²) in [6, 6.07) is 0.488. The molecule has 0 saturated heterocycles. The van der Waals surface area contributed by atoms with Crippen molar-refractivity contribution in [3.63, 3.8) is 0 Å². The first-order valence-electron chi connectivity index (χ1n) is 4.50. The molecule has 0 unspecified atom stereocenters. The summed E-state index contributed by atoms with van der Waals surface area (Å²) < 4.78 is 38.7. The van der Waals surface area contributed by atoms with Crippen LogP contribution < -0.4 is 0 Å². The number of imidazole rings is 1. The van der Waals surface area contributed by atoms with E-state index in [0.717, 1.165) is 10.6 Å². The number of aromatic nitrogens is 2. The van der Waals surface area contributed by atoms with Crippen LogP contribution in [0.3, 0.4) is 0 Å². The Morgan fingerprint density at radius 3 is 2.65 bits per heavy atom. The highest BCUT2D eigenvalue weighted by molar-refractivity contribution is 5.61. The highest BCUT2D eigenvalue weighted by atomic mass is 19.4. The number of fused-ring (bicyclic) bond motifs is 1. The van der Waals surface area contributed by atoms with Crippen LogP contribution in [0.4, 0.5) is 18.9 Å². The maximum atomic E-state index is 12.5. The largest absolute Gasteiger partial charge is 0.418 e. The second-order valence-corrected chi connectivity index (χ2v) is 3.46. The van der Waals surface area contributed by atoms with E-state index in [1.54, 1.807) is 0 Å². The zero-order valence-electron chi connectivity index (χ0n) is 8.52. The van der Waals surface area contributed by atoms with Crippen molar-refractivity contribution in [3.05, 3.63) is 39.8 Å². The van der Waals surface area contributed by atoms with E-state index in [1.165, 1.54) is 13.1 Å². The first kappa shape index (κ1) is 11.4. The molecule has 2 aromatic heterocycles. The molecule has 0 bridgehead atoms. The Morgan fingerprint density at radius 1 is 1.47 bits per heavy atom. The quantitative estimate of drug-likeness (QED) is 0.573. The van der Waals surface area contributed by atoms with E-state index in [1.807, 2.05) is 0 Å². The van der Waals surface area contributed by atoms with Gasteiger partial charge >= 0.3 is 11.9 Å². The van der Waals surface area contributed by atoms with E-state index in [4.69, 9.17) is 0 Å². The Bertz CT molecular complexity index is 603. The van der Waals surface area contributed by atoms with Gasteiger partial charge in [0.2, 0.25) is 5.65 Å². The molecular weight excluding hydrogens is 239 g/mol. The van der Waals surface area contributed by atoms with Crippen LogP contribution in [0.1, 0.15) is 11.3 Å². The van der Waals surface area contributed by atoms with E-state index < -0.39 is 22.4 Å². The van der Waals surface area contributed by atoms with E-state index in [-0.39, 0.29) is 5.65 Å². The van der Waals surface area contributed by atoms with Crippen molar-refractivity contribution < 1.29 is 18.1 Å². The van der Waals surface area contributed by atoms with E-state index in [0.29, 0.717) is 11.8 Å². The third-order valence-electron chi connectivity index (χ3n) is 2.30. The molecule has 0 saturated carbocycles. The molecule has 17 heavy (non-hydrogen) atoms. The molecule has 2 heterocycles. The molecule has 8 heteroatoms. The van der Waals surface area contributed by atoms with Crippen molar-refractivity contribution in [1.82, 2.24) is 9.38 Å². The van der Waals surface area contributed by atoms with Crippen LogP contribution in [-0.4, -0.2) is 14.3 Å². The monoisotopic (exact) mass is 245 g/mol. The van der Waals surface area contributed by atoms with Crippen LogP contribution in [0.25, 0.3) is 5.65 Å². The molecule has 0 aliphatic carbocycles. The molecule has 0 aromatic carbocycles. The summed E-state index contributed by atoms with van der Waals surface area (Å²) in [5.74, 6) is 0. The van der Waals surface area contributed by atoms with Gasteiger partial charge in [0.15, 0.2) is 0 Å². The first-order chi connectivity index (χ1) is 7.80. The van der Waals surface area contributed by atoms with E-state index >= 15 is 0 Å². The lowest BCUT2D eigenvalue weighted by molar-refractivity contribution is -0.383. The third-order valence-corrected chi connectivity index (χ3v) is 2.30. The number of rotatable bonds is 1. The second-order valence-electron chi connectivity index (χ2n) is 3.46. The molecule has 0 aliphatic heterocycles. The molecule has 0 atom stereocenters. The smallest absolute Gasteiger partial charge is 0.298 e. The number of pyridine rings is 1. The third kappa shape index (κ3) is 1.81. The standard InChI is InChI=1S/C9H6F3N3O2/c1-5-3-13-8-7(15(16)17)2-6(4-14(5)8)9(10,11)12/h2-4H,1H3. The minimum Gasteiger partial charge on any atom is -0.298 e. The van der Waals surface area contributed by atoms with Gasteiger partial charge in [-0.05, 0) is 6.92 Å². The summed E-state index contributed by atoms with van der Waals surface area (Å²) >= 11 is 0. The highest BCUT2D eigenvalue weighted by Crippen LogP contribution is 2.33. The molecule has 0 radical (unpaired) electrons. The minimum atomic E-state index is -4.63. The van der Waals surface area contributed by atoms with Gasteiger partial charge in [0, 0.05) is 24.2 Å². The van der Waals surface area contributed by atoms with Gasteiger partial charge in [-0.15, -0.1) is 0 Å². The first-order valence-corrected chi connectivity index (χ1v) is 4.50. The lowest BCUT2D eigenvalue weighted by Crippen LogP contribution is -2.08. The molecule has 2 rings (SSSR count). The van der Waals surface area contributed by atoms with Crippen molar-refractivity contribution in [1.29, 1.82) is 0 Å². The van der Waals surface area contributed by atoms with Crippen LogP contribution in [0, 0.1) is 17.0 Å². The predicted molar refractivity (Wildman–Crippen MR) is 51.6 cm³/mol. The minimum absolute atomic E-state index is 0.0968. The molecule has 0 N–H and O–H groups in total. The second kappa shape index (κ2) is 3.44. The van der Waals surface area contributed by atoms with Crippen molar-refractivity contribution in [2.24, 2.45) is 0 Å². The van der Waals surface area contributed by atoms with Gasteiger partial charge in [-0.3, -0.25) is 14.5 Å². The summed E-state index contributed by atoms with van der Waals surface area (Å²) in [6.45, 7) is 1.52. The van der Waals surface area contributed by atoms with Gasteiger partial charge in [-0.25, -0.2) is 4.98 Å². The van der Waals surface area contributed by atoms with Crippen LogP contribution in [0.2, 0.25) is 0 Å². The number of hydrogen-bond donors (Lipinski definition) is 0. The Hall–Kier alpha value is -2.12. The fourth-order valence-corrected chi connectivity index (χ4v) is 1.48. The fourth-order valence-electron chi connectivity index (χ4n) is 1.48. The molecule has 0 fully saturated rings. The number of hydrogen-bond acceptors (Lipinski definition) is 3. The van der Waals surface area contributed by atoms with Crippen molar-refractivity contribution in [2.45, 2.75) is 13.1 Å². The molecule has 90 valence electrons. The van der Waals surface area contributed by atoms with Crippen LogP contribution in [-0.2, 0) is 6.18 Å². The average molecular weight is 245 g/mol. The number of aryl methyl sites for hydroxylation is 1. The number of nitrogens with zero attached hydrogens (tertiary/aromatic N) is 3. The van der Waals surface area contributed by atoms with Gasteiger partial charge < -0.3 is 0 Å². The maximum absolute atomic E-state index is 12.5. The van der Waals surface area contributed by atoms with Gasteiger partial charge in [-0.2, -0.15) is 13.2 Å². The average Bonchev–Trinajstić information content (AvgIpc) is 2.58. The Morgan fingerprint density at radius 2 is 2.12 bits per heavy atom. The summed E-state index contributed by atoms with van der Waals surface area (Å²) in [4.78, 5) is 13.5. The van der Waals surface area contributed by atoms with Gasteiger partial charge in [0.05, 0.1) is 10.5 Å². The Labute approximate surface area is 92.6 Å². The summed E-state index contributed by atoms with van der Waals surface area (Å²) in [7, 11) is 0. The molecule has 0 amide bonds. The number of halogens is 3. The van der Waals surface area contributed by atoms with Crippen molar-refractivity contribution in [3.8, 4) is 0 Å². The fraction of sp³-hybridized carbons (Fsp3) is 0.222. The SMILES string of the molecule is Cc1cnc2c([N+](=O)[O-])cc(C(F)(F)F)cn12. The van der Waals surface area contributed by atoms with Gasteiger partial charge in [0.1, 0.15) is 0 Å². The maximum Gasteiger partial charge on any atom is 0.418 e. The van der Waals surface area contributed by atoms with E-state index in [2.05, 4.69) is 4.98 Å². The Kier molecular flexibility index (Phi) is 2.30. The summed E-state index contributed by atoms with van der Waals surface area (Å²) in [5, 5.41) is 10.7. The van der Waals surface area contributed by atoms with E-state index in [9.17, 15) is 23.3 Å². The van der Waals surface area contributed by atoms with Gasteiger partial charge in [-0.1, -0.05) is 0 Å². The van der Waals surface area contributed by atoms with Crippen molar-refractivity contribution >= 4 is 11.3 Å². The molecule has 0 spiro atoms. The molecular formula is C9H6F3N3O2. The lowest BCUT2D eigenvalue weighted by atomic mass is 10.2. The highest BCUT2D eigenvalue weighted by Gasteiger charge is 2.34. The van der Waals surface area contributed by atoms with Gasteiger partial charge in [0.25, 0.3) is 0 Å². The van der Waals surface area contributed by atoms with Crippen LogP contribution >= 0.6 is 0 Å². The Balaban J connectivity index is 2.83. The zero-order valence-corrected chi connectivity index (χ0v) is 8.52. The molecule has 0 aliphatic rings. The normalized spacial score (nSPS) is 12.0. The summed E-state index contributed by atoms with van der Waals surface area (Å²) in [5.41, 5.74) is -1.43. The number of alkyl halides is 3. The van der Waals surface area contributed by atoms with Crippen molar-refractivity contribution in [2.75, 3.05) is 0 Å². The van der Waals surface area contributed by atoms with Crippen LogP contribution in [0.15, 0.2) is 18.5 Å².